The Balaban J connectivity index is 3.03. The molecule has 2 N–H and O–H groups in total. The summed E-state index contributed by atoms with van der Waals surface area (Å²) in [6.45, 7) is 6.11. The van der Waals surface area contributed by atoms with Crippen LogP contribution in [0.25, 0.3) is 0 Å². The van der Waals surface area contributed by atoms with E-state index in [2.05, 4.69) is 34.9 Å². The Morgan fingerprint density at radius 2 is 1.89 bits per heavy atom. The van der Waals surface area contributed by atoms with Gasteiger partial charge in [-0.25, -0.2) is 0 Å². The van der Waals surface area contributed by atoms with E-state index in [1.165, 1.54) is 0 Å². The van der Waals surface area contributed by atoms with Crippen molar-refractivity contribution in [2.45, 2.75) is 33.6 Å². The third-order valence-corrected chi connectivity index (χ3v) is 4.35. The summed E-state index contributed by atoms with van der Waals surface area (Å²) < 4.78 is 2.79. The molecule has 0 saturated heterocycles. The molecule has 0 aliphatic heterocycles. The minimum atomic E-state index is -0.475. The molecule has 0 saturated carbocycles. The zero-order chi connectivity index (χ0) is 13.9. The highest BCUT2D eigenvalue weighted by Crippen LogP contribution is 2.33. The summed E-state index contributed by atoms with van der Waals surface area (Å²) in [7, 11) is 1.89. The minimum absolute atomic E-state index is 0.0155. The standard InChI is InChI=1S/C13H23BrN2O2/c1-9(2)5-13(7-17,8-18)6-11-12(14)10(3)15-16(11)4/h9,17-18H,5-8H2,1-4H3. The molecule has 0 fully saturated rings. The molecule has 0 unspecified atom stereocenters. The lowest BCUT2D eigenvalue weighted by atomic mass is 9.77. The van der Waals surface area contributed by atoms with Crippen LogP contribution in [-0.2, 0) is 13.5 Å². The van der Waals surface area contributed by atoms with Gasteiger partial charge in [-0.1, -0.05) is 13.8 Å². The largest absolute Gasteiger partial charge is 0.396 e. The van der Waals surface area contributed by atoms with E-state index >= 15 is 0 Å². The quantitative estimate of drug-likeness (QED) is 0.844. The molecule has 1 aromatic heterocycles. The van der Waals surface area contributed by atoms with Crippen molar-refractivity contribution in [1.82, 2.24) is 9.78 Å². The summed E-state index contributed by atoms with van der Waals surface area (Å²) in [4.78, 5) is 0. The van der Waals surface area contributed by atoms with Gasteiger partial charge < -0.3 is 10.2 Å². The number of aliphatic hydroxyl groups excluding tert-OH is 2. The van der Waals surface area contributed by atoms with Crippen molar-refractivity contribution < 1.29 is 10.2 Å². The van der Waals surface area contributed by atoms with Crippen molar-refractivity contribution in [3.05, 3.63) is 15.9 Å². The Morgan fingerprint density at radius 1 is 1.33 bits per heavy atom. The van der Waals surface area contributed by atoms with Crippen molar-refractivity contribution in [3.63, 3.8) is 0 Å². The van der Waals surface area contributed by atoms with Crippen LogP contribution in [-0.4, -0.2) is 33.2 Å². The first-order chi connectivity index (χ1) is 8.35. The van der Waals surface area contributed by atoms with Crippen molar-refractivity contribution in [1.29, 1.82) is 0 Å². The SMILES string of the molecule is Cc1nn(C)c(CC(CO)(CO)CC(C)C)c1Br. The van der Waals surface area contributed by atoms with Gasteiger partial charge >= 0.3 is 0 Å². The van der Waals surface area contributed by atoms with Crippen LogP contribution in [0, 0.1) is 18.3 Å². The summed E-state index contributed by atoms with van der Waals surface area (Å²) >= 11 is 3.53. The van der Waals surface area contributed by atoms with Gasteiger partial charge in [-0.3, -0.25) is 4.68 Å². The highest BCUT2D eigenvalue weighted by atomic mass is 79.9. The zero-order valence-electron chi connectivity index (χ0n) is 11.6. The number of halogens is 1. The van der Waals surface area contributed by atoms with Crippen LogP contribution in [0.3, 0.4) is 0 Å². The average Bonchev–Trinajstić information content (AvgIpc) is 2.54. The molecule has 0 bridgehead atoms. The number of aliphatic hydroxyl groups is 2. The molecule has 1 aromatic rings. The maximum Gasteiger partial charge on any atom is 0.0738 e. The van der Waals surface area contributed by atoms with Gasteiger partial charge in [0, 0.05) is 18.9 Å². The van der Waals surface area contributed by atoms with Crippen molar-refractivity contribution in [3.8, 4) is 0 Å². The molecule has 0 atom stereocenters. The molecule has 0 aliphatic rings. The first-order valence-electron chi connectivity index (χ1n) is 6.25. The minimum Gasteiger partial charge on any atom is -0.396 e. The van der Waals surface area contributed by atoms with Gasteiger partial charge in [0.25, 0.3) is 0 Å². The number of hydrogen-bond acceptors (Lipinski definition) is 3. The van der Waals surface area contributed by atoms with Crippen LogP contribution in [0.2, 0.25) is 0 Å². The molecular formula is C13H23BrN2O2. The van der Waals surface area contributed by atoms with E-state index in [1.807, 2.05) is 18.7 Å². The van der Waals surface area contributed by atoms with Crippen molar-refractivity contribution in [2.75, 3.05) is 13.2 Å². The van der Waals surface area contributed by atoms with E-state index in [4.69, 9.17) is 0 Å². The second-order valence-corrected chi connectivity index (χ2v) is 6.35. The second-order valence-electron chi connectivity index (χ2n) is 5.56. The van der Waals surface area contributed by atoms with Gasteiger partial charge in [0.15, 0.2) is 0 Å². The maximum absolute atomic E-state index is 9.67. The summed E-state index contributed by atoms with van der Waals surface area (Å²) in [5.74, 6) is 0.428. The van der Waals surface area contributed by atoms with Gasteiger partial charge in [0.2, 0.25) is 0 Å². The Labute approximate surface area is 117 Å². The molecule has 0 spiro atoms. The predicted molar refractivity (Wildman–Crippen MR) is 75.4 cm³/mol. The third-order valence-electron chi connectivity index (χ3n) is 3.32. The summed E-state index contributed by atoms with van der Waals surface area (Å²) in [5.41, 5.74) is 1.48. The van der Waals surface area contributed by atoms with E-state index in [0.29, 0.717) is 12.3 Å². The van der Waals surface area contributed by atoms with E-state index in [1.54, 1.807) is 0 Å². The lowest BCUT2D eigenvalue weighted by Gasteiger charge is -2.31. The number of nitrogens with zero attached hydrogens (tertiary/aromatic N) is 2. The topological polar surface area (TPSA) is 58.3 Å². The molecule has 0 amide bonds. The summed E-state index contributed by atoms with van der Waals surface area (Å²) in [6, 6.07) is 0. The van der Waals surface area contributed by atoms with Crippen LogP contribution in [0.4, 0.5) is 0 Å². The van der Waals surface area contributed by atoms with Crippen molar-refractivity contribution in [2.24, 2.45) is 18.4 Å². The molecular weight excluding hydrogens is 296 g/mol. The normalized spacial score (nSPS) is 12.4. The number of aromatic nitrogens is 2. The maximum atomic E-state index is 9.67. The summed E-state index contributed by atoms with van der Waals surface area (Å²) in [6.07, 6.45) is 1.41. The summed E-state index contributed by atoms with van der Waals surface area (Å²) in [5, 5.41) is 23.7. The van der Waals surface area contributed by atoms with Crippen LogP contribution >= 0.6 is 15.9 Å². The Bertz CT molecular complexity index is 398. The Morgan fingerprint density at radius 3 is 2.22 bits per heavy atom. The Kier molecular flexibility index (Phi) is 5.37. The number of hydrogen-bond donors (Lipinski definition) is 2. The molecule has 1 heterocycles. The predicted octanol–water partition coefficient (Wildman–Crippen LogP) is 2.05. The first-order valence-corrected chi connectivity index (χ1v) is 7.04. The smallest absolute Gasteiger partial charge is 0.0738 e. The fraction of sp³-hybridized carbons (Fsp3) is 0.769. The molecule has 0 aromatic carbocycles. The van der Waals surface area contributed by atoms with Crippen molar-refractivity contribution >= 4 is 15.9 Å². The molecule has 104 valence electrons. The highest BCUT2D eigenvalue weighted by Gasteiger charge is 2.32. The first kappa shape index (κ1) is 15.7. The van der Waals surface area contributed by atoms with Gasteiger partial charge in [-0.2, -0.15) is 5.10 Å². The van der Waals surface area contributed by atoms with Crippen LogP contribution in [0.5, 0.6) is 0 Å². The highest BCUT2D eigenvalue weighted by molar-refractivity contribution is 9.10. The molecule has 4 nitrogen and oxygen atoms in total. The molecule has 0 aliphatic carbocycles. The molecule has 18 heavy (non-hydrogen) atoms. The molecule has 5 heteroatoms. The van der Waals surface area contributed by atoms with Crippen LogP contribution in [0.1, 0.15) is 31.7 Å². The fourth-order valence-electron chi connectivity index (χ4n) is 2.46. The van der Waals surface area contributed by atoms with E-state index < -0.39 is 5.41 Å². The lowest BCUT2D eigenvalue weighted by molar-refractivity contribution is 0.0354. The van der Waals surface area contributed by atoms with Gasteiger partial charge in [-0.15, -0.1) is 0 Å². The van der Waals surface area contributed by atoms with E-state index in [0.717, 1.165) is 22.3 Å². The monoisotopic (exact) mass is 318 g/mol. The number of aryl methyl sites for hydroxylation is 2. The third kappa shape index (κ3) is 3.33. The van der Waals surface area contributed by atoms with Gasteiger partial charge in [0.1, 0.15) is 0 Å². The molecule has 0 radical (unpaired) electrons. The van der Waals surface area contributed by atoms with Gasteiger partial charge in [0.05, 0.1) is 29.1 Å². The van der Waals surface area contributed by atoms with E-state index in [9.17, 15) is 10.2 Å². The Hall–Kier alpha value is -0.390. The fourth-order valence-corrected chi connectivity index (χ4v) is 2.93. The van der Waals surface area contributed by atoms with Crippen LogP contribution in [0.15, 0.2) is 4.47 Å². The zero-order valence-corrected chi connectivity index (χ0v) is 13.2. The second kappa shape index (κ2) is 6.17. The van der Waals surface area contributed by atoms with Gasteiger partial charge in [-0.05, 0) is 35.2 Å². The van der Waals surface area contributed by atoms with E-state index in [-0.39, 0.29) is 13.2 Å². The average molecular weight is 319 g/mol. The molecule has 1 rings (SSSR count). The number of rotatable bonds is 6. The van der Waals surface area contributed by atoms with Crippen LogP contribution < -0.4 is 0 Å². The lowest BCUT2D eigenvalue weighted by Crippen LogP contribution is -2.34.